The van der Waals surface area contributed by atoms with Gasteiger partial charge in [0.05, 0.1) is 19.0 Å². The standard InChI is InChI=1S/C16H19IN6O2/c1-22-8-23(11-5-2-9(6-11)7-24)14-12(22)13(18-10-3-4-10)19-16(20-14)21-15(17)25/h2,5,7,10-11,24H,3-4,6,8H2,1H3,(H2,18,19,20,21,25)/b9-7+. The summed E-state index contributed by atoms with van der Waals surface area (Å²) < 4.78 is -0.223. The first-order valence-electron chi connectivity index (χ1n) is 8.19. The largest absolute Gasteiger partial charge is 0.515 e. The number of nitrogens with one attached hydrogen (secondary N) is 2. The summed E-state index contributed by atoms with van der Waals surface area (Å²) in [6, 6.07) is 0.564. The Labute approximate surface area is 159 Å². The van der Waals surface area contributed by atoms with Gasteiger partial charge in [-0.2, -0.15) is 9.97 Å². The van der Waals surface area contributed by atoms with E-state index in [9.17, 15) is 9.90 Å². The van der Waals surface area contributed by atoms with E-state index in [4.69, 9.17) is 0 Å². The Kier molecular flexibility index (Phi) is 4.18. The van der Waals surface area contributed by atoms with Gasteiger partial charge in [-0.3, -0.25) is 10.1 Å². The van der Waals surface area contributed by atoms with Crippen LogP contribution in [0.3, 0.4) is 0 Å². The van der Waals surface area contributed by atoms with Gasteiger partial charge in [-0.15, -0.1) is 0 Å². The van der Waals surface area contributed by atoms with Crippen molar-refractivity contribution in [2.45, 2.75) is 31.3 Å². The Hall–Kier alpha value is -2.04. The molecule has 1 amide bonds. The van der Waals surface area contributed by atoms with Crippen molar-refractivity contribution in [3.05, 3.63) is 24.0 Å². The number of anilines is 4. The minimum absolute atomic E-state index is 0.119. The lowest BCUT2D eigenvalue weighted by Crippen LogP contribution is -2.35. The zero-order chi connectivity index (χ0) is 17.6. The number of amides is 1. The van der Waals surface area contributed by atoms with Crippen LogP contribution in [0, 0.1) is 0 Å². The molecule has 0 saturated heterocycles. The number of fused-ring (bicyclic) bond motifs is 1. The molecule has 25 heavy (non-hydrogen) atoms. The molecule has 0 bridgehead atoms. The van der Waals surface area contributed by atoms with Crippen LogP contribution in [-0.2, 0) is 0 Å². The van der Waals surface area contributed by atoms with E-state index in [0.717, 1.165) is 48.4 Å². The van der Waals surface area contributed by atoms with Gasteiger partial charge in [-0.05, 0) is 24.8 Å². The average molecular weight is 454 g/mol. The van der Waals surface area contributed by atoms with E-state index < -0.39 is 0 Å². The molecule has 1 unspecified atom stereocenters. The fourth-order valence-corrected chi connectivity index (χ4v) is 3.45. The second kappa shape index (κ2) is 6.36. The number of carbonyl (C=O) groups is 1. The summed E-state index contributed by atoms with van der Waals surface area (Å²) in [7, 11) is 2.01. The van der Waals surface area contributed by atoms with E-state index in [2.05, 4.69) is 36.5 Å². The molecule has 1 aliphatic heterocycles. The van der Waals surface area contributed by atoms with Crippen molar-refractivity contribution in [1.82, 2.24) is 9.97 Å². The molecule has 0 radical (unpaired) electrons. The van der Waals surface area contributed by atoms with E-state index in [-0.39, 0.29) is 9.96 Å². The highest BCUT2D eigenvalue weighted by Gasteiger charge is 2.36. The van der Waals surface area contributed by atoms with Crippen LogP contribution in [0.15, 0.2) is 24.0 Å². The highest BCUT2D eigenvalue weighted by Crippen LogP contribution is 2.43. The van der Waals surface area contributed by atoms with Gasteiger partial charge in [0, 0.05) is 35.7 Å². The topological polar surface area (TPSA) is 93.6 Å². The lowest BCUT2D eigenvalue weighted by molar-refractivity contribution is 0.271. The maximum absolute atomic E-state index is 11.4. The molecule has 9 heteroatoms. The Bertz CT molecular complexity index is 776. The summed E-state index contributed by atoms with van der Waals surface area (Å²) in [5, 5.41) is 15.4. The second-order valence-corrected chi connectivity index (χ2v) is 7.51. The van der Waals surface area contributed by atoms with Gasteiger partial charge in [0.1, 0.15) is 5.69 Å². The van der Waals surface area contributed by atoms with Gasteiger partial charge < -0.3 is 20.2 Å². The van der Waals surface area contributed by atoms with Crippen LogP contribution in [0.1, 0.15) is 19.3 Å². The van der Waals surface area contributed by atoms with Crippen molar-refractivity contribution >= 4 is 49.8 Å². The van der Waals surface area contributed by atoms with E-state index in [1.165, 1.54) is 0 Å². The molecule has 1 fully saturated rings. The average Bonchev–Trinajstić information content (AvgIpc) is 3.13. The van der Waals surface area contributed by atoms with E-state index in [1.807, 2.05) is 13.1 Å². The zero-order valence-electron chi connectivity index (χ0n) is 13.7. The number of halogens is 1. The highest BCUT2D eigenvalue weighted by atomic mass is 127. The van der Waals surface area contributed by atoms with Crippen molar-refractivity contribution < 1.29 is 9.90 Å². The Morgan fingerprint density at radius 1 is 1.44 bits per heavy atom. The molecule has 0 aromatic carbocycles. The Morgan fingerprint density at radius 2 is 2.24 bits per heavy atom. The third-order valence-corrected chi connectivity index (χ3v) is 4.83. The van der Waals surface area contributed by atoms with Crippen molar-refractivity contribution in [1.29, 1.82) is 0 Å². The van der Waals surface area contributed by atoms with Gasteiger partial charge in [0.2, 0.25) is 5.95 Å². The van der Waals surface area contributed by atoms with E-state index in [1.54, 1.807) is 22.6 Å². The lowest BCUT2D eigenvalue weighted by atomic mass is 10.2. The second-order valence-electron chi connectivity index (χ2n) is 6.53. The summed E-state index contributed by atoms with van der Waals surface area (Å²) in [6.45, 7) is 0.679. The SMILES string of the molecule is CN1CN(C2C=C/C(=C\O)C2)c2nc(NC(=O)I)nc(NC3CC3)c21. The molecule has 0 spiro atoms. The Balaban J connectivity index is 1.72. The third-order valence-electron chi connectivity index (χ3n) is 4.56. The molecule has 4 rings (SSSR count). The maximum atomic E-state index is 11.4. The molecular weight excluding hydrogens is 435 g/mol. The number of rotatable bonds is 4. The minimum atomic E-state index is -0.223. The number of aliphatic hydroxyl groups is 1. The molecule has 8 nitrogen and oxygen atoms in total. The molecule has 1 aromatic rings. The van der Waals surface area contributed by atoms with Gasteiger partial charge >= 0.3 is 0 Å². The highest BCUT2D eigenvalue weighted by molar-refractivity contribution is 14.1. The predicted molar refractivity (Wildman–Crippen MR) is 106 cm³/mol. The van der Waals surface area contributed by atoms with Gasteiger partial charge in [0.15, 0.2) is 11.6 Å². The molecule has 1 saturated carbocycles. The molecular formula is C16H19IN6O2. The van der Waals surface area contributed by atoms with Crippen molar-refractivity contribution in [3.63, 3.8) is 0 Å². The number of carbonyl (C=O) groups excluding carboxylic acids is 1. The lowest BCUT2D eigenvalue weighted by Gasteiger charge is -2.24. The van der Waals surface area contributed by atoms with Crippen LogP contribution in [0.5, 0.6) is 0 Å². The fraction of sp³-hybridized carbons (Fsp3) is 0.438. The Morgan fingerprint density at radius 3 is 2.88 bits per heavy atom. The number of hydrogen-bond donors (Lipinski definition) is 3. The first-order chi connectivity index (χ1) is 12.0. The van der Waals surface area contributed by atoms with Gasteiger partial charge in [0.25, 0.3) is 3.91 Å². The third kappa shape index (κ3) is 3.24. The summed E-state index contributed by atoms with van der Waals surface area (Å²) in [4.78, 5) is 24.8. The first kappa shape index (κ1) is 16.4. The van der Waals surface area contributed by atoms with Crippen LogP contribution >= 0.6 is 22.6 Å². The summed E-state index contributed by atoms with van der Waals surface area (Å²) in [6.07, 6.45) is 8.15. The molecule has 132 valence electrons. The van der Waals surface area contributed by atoms with Crippen molar-refractivity contribution in [2.24, 2.45) is 0 Å². The smallest absolute Gasteiger partial charge is 0.287 e. The molecule has 3 N–H and O–H groups in total. The number of aliphatic hydroxyl groups excluding tert-OH is 1. The normalized spacial score (nSPS) is 23.3. The summed E-state index contributed by atoms with van der Waals surface area (Å²) in [5.74, 6) is 1.87. The fourth-order valence-electron chi connectivity index (χ4n) is 3.21. The van der Waals surface area contributed by atoms with Crippen LogP contribution in [-0.4, -0.2) is 44.8 Å². The van der Waals surface area contributed by atoms with Crippen LogP contribution in [0.2, 0.25) is 0 Å². The van der Waals surface area contributed by atoms with Crippen LogP contribution in [0.25, 0.3) is 0 Å². The zero-order valence-corrected chi connectivity index (χ0v) is 15.9. The summed E-state index contributed by atoms with van der Waals surface area (Å²) >= 11 is 1.68. The van der Waals surface area contributed by atoms with Crippen LogP contribution < -0.4 is 20.4 Å². The molecule has 3 aliphatic rings. The van der Waals surface area contributed by atoms with Gasteiger partial charge in [-0.25, -0.2) is 0 Å². The van der Waals surface area contributed by atoms with Crippen molar-refractivity contribution in [3.8, 4) is 0 Å². The number of nitrogens with zero attached hydrogens (tertiary/aromatic N) is 4. The monoisotopic (exact) mass is 454 g/mol. The molecule has 2 aliphatic carbocycles. The first-order valence-corrected chi connectivity index (χ1v) is 9.27. The van der Waals surface area contributed by atoms with E-state index in [0.29, 0.717) is 18.7 Å². The summed E-state index contributed by atoms with van der Waals surface area (Å²) in [5.41, 5.74) is 1.85. The molecule has 1 aromatic heterocycles. The predicted octanol–water partition coefficient (Wildman–Crippen LogP) is 3.00. The molecule has 1 atom stereocenters. The van der Waals surface area contributed by atoms with Crippen LogP contribution in [0.4, 0.5) is 28.1 Å². The number of hydrogen-bond acceptors (Lipinski definition) is 7. The van der Waals surface area contributed by atoms with E-state index >= 15 is 0 Å². The quantitative estimate of drug-likeness (QED) is 0.279. The maximum Gasteiger partial charge on any atom is 0.287 e. The minimum Gasteiger partial charge on any atom is -0.515 e. The van der Waals surface area contributed by atoms with Crippen molar-refractivity contribution in [2.75, 3.05) is 34.1 Å². The molecule has 2 heterocycles. The number of allylic oxidation sites excluding steroid dienone is 1. The van der Waals surface area contributed by atoms with Gasteiger partial charge in [-0.1, -0.05) is 12.2 Å². The number of aromatic nitrogens is 2.